The van der Waals surface area contributed by atoms with Gasteiger partial charge in [0.25, 0.3) is 5.56 Å². The first-order valence-corrected chi connectivity index (χ1v) is 8.30. The maximum atomic E-state index is 12.7. The van der Waals surface area contributed by atoms with Crippen molar-refractivity contribution >= 4 is 32.8 Å². The average Bonchev–Trinajstić information content (AvgIpc) is 2.56. The minimum Gasteiger partial charge on any atom is -0.478 e. The van der Waals surface area contributed by atoms with Gasteiger partial charge in [0.15, 0.2) is 0 Å². The molecule has 1 N–H and O–H groups in total. The van der Waals surface area contributed by atoms with Gasteiger partial charge < -0.3 is 5.11 Å². The summed E-state index contributed by atoms with van der Waals surface area (Å²) < 4.78 is 2.41. The molecule has 122 valence electrons. The molecule has 24 heavy (non-hydrogen) atoms. The van der Waals surface area contributed by atoms with Crippen LogP contribution in [0.3, 0.4) is 0 Å². The van der Waals surface area contributed by atoms with Crippen molar-refractivity contribution in [1.82, 2.24) is 9.55 Å². The van der Waals surface area contributed by atoms with E-state index in [1.165, 1.54) is 0 Å². The second-order valence-electron chi connectivity index (χ2n) is 5.38. The SMILES string of the molecule is CCn1c(Cc2ccccc2C(=O)O)nc2ccc(Br)cc2c1=O. The van der Waals surface area contributed by atoms with Crippen LogP contribution in [0.5, 0.6) is 0 Å². The van der Waals surface area contributed by atoms with Crippen LogP contribution in [-0.2, 0) is 13.0 Å². The van der Waals surface area contributed by atoms with Gasteiger partial charge in [0.05, 0.1) is 16.5 Å². The lowest BCUT2D eigenvalue weighted by atomic mass is 10.0. The van der Waals surface area contributed by atoms with Gasteiger partial charge in [-0.3, -0.25) is 9.36 Å². The van der Waals surface area contributed by atoms with Gasteiger partial charge in [-0.2, -0.15) is 0 Å². The van der Waals surface area contributed by atoms with Crippen molar-refractivity contribution in [1.29, 1.82) is 0 Å². The number of aromatic nitrogens is 2. The van der Waals surface area contributed by atoms with E-state index >= 15 is 0 Å². The molecule has 0 spiro atoms. The highest BCUT2D eigenvalue weighted by molar-refractivity contribution is 9.10. The number of benzene rings is 2. The Morgan fingerprint density at radius 2 is 2.00 bits per heavy atom. The maximum Gasteiger partial charge on any atom is 0.335 e. The first kappa shape index (κ1) is 16.4. The number of fused-ring (bicyclic) bond motifs is 1. The van der Waals surface area contributed by atoms with Gasteiger partial charge in [0, 0.05) is 17.4 Å². The summed E-state index contributed by atoms with van der Waals surface area (Å²) in [6, 6.07) is 12.2. The fourth-order valence-corrected chi connectivity index (χ4v) is 3.11. The van der Waals surface area contributed by atoms with Crippen LogP contribution >= 0.6 is 15.9 Å². The Morgan fingerprint density at radius 3 is 2.71 bits per heavy atom. The van der Waals surface area contributed by atoms with E-state index < -0.39 is 5.97 Å². The molecule has 1 aromatic heterocycles. The van der Waals surface area contributed by atoms with E-state index in [1.807, 2.05) is 13.0 Å². The predicted molar refractivity (Wildman–Crippen MR) is 95.6 cm³/mol. The van der Waals surface area contributed by atoms with Crippen molar-refractivity contribution in [2.24, 2.45) is 0 Å². The van der Waals surface area contributed by atoms with Crippen LogP contribution in [-0.4, -0.2) is 20.6 Å². The first-order valence-electron chi connectivity index (χ1n) is 7.51. The lowest BCUT2D eigenvalue weighted by molar-refractivity contribution is 0.0696. The number of rotatable bonds is 4. The van der Waals surface area contributed by atoms with Crippen molar-refractivity contribution in [3.05, 3.63) is 74.2 Å². The molecule has 0 radical (unpaired) electrons. The summed E-state index contributed by atoms with van der Waals surface area (Å²) in [4.78, 5) is 28.7. The van der Waals surface area contributed by atoms with Crippen LogP contribution in [0.15, 0.2) is 51.7 Å². The third-order valence-corrected chi connectivity index (χ3v) is 4.40. The molecule has 5 nitrogen and oxygen atoms in total. The molecule has 3 aromatic rings. The second kappa shape index (κ2) is 6.57. The molecular formula is C18H15BrN2O3. The molecule has 0 aliphatic rings. The molecule has 0 saturated carbocycles. The Kier molecular flexibility index (Phi) is 4.49. The number of carboxylic acids is 1. The standard InChI is InChI=1S/C18H15BrN2O3/c1-2-21-16(9-11-5-3-4-6-13(11)18(23)24)20-15-8-7-12(19)10-14(15)17(21)22/h3-8,10H,2,9H2,1H3,(H,23,24). The summed E-state index contributed by atoms with van der Waals surface area (Å²) in [5.74, 6) is -0.424. The van der Waals surface area contributed by atoms with E-state index in [2.05, 4.69) is 20.9 Å². The molecule has 0 unspecified atom stereocenters. The number of carboxylic acid groups (broad SMARTS) is 1. The normalized spacial score (nSPS) is 10.9. The highest BCUT2D eigenvalue weighted by Gasteiger charge is 2.15. The lowest BCUT2D eigenvalue weighted by Crippen LogP contribution is -2.25. The molecule has 0 aliphatic carbocycles. The molecule has 1 heterocycles. The Hall–Kier alpha value is -2.47. The van der Waals surface area contributed by atoms with Crippen molar-refractivity contribution in [2.45, 2.75) is 19.9 Å². The molecule has 2 aromatic carbocycles. The fraction of sp³-hybridized carbons (Fsp3) is 0.167. The predicted octanol–water partition coefficient (Wildman–Crippen LogP) is 3.47. The molecule has 0 atom stereocenters. The van der Waals surface area contributed by atoms with Crippen LogP contribution < -0.4 is 5.56 Å². The molecule has 0 fully saturated rings. The Morgan fingerprint density at radius 1 is 1.25 bits per heavy atom. The molecule has 0 aliphatic heterocycles. The van der Waals surface area contributed by atoms with Crippen molar-refractivity contribution in [3.63, 3.8) is 0 Å². The molecule has 6 heteroatoms. The highest BCUT2D eigenvalue weighted by atomic mass is 79.9. The van der Waals surface area contributed by atoms with Crippen LogP contribution in [0, 0.1) is 0 Å². The van der Waals surface area contributed by atoms with E-state index in [0.717, 1.165) is 4.47 Å². The van der Waals surface area contributed by atoms with Crippen molar-refractivity contribution < 1.29 is 9.90 Å². The fourth-order valence-electron chi connectivity index (χ4n) is 2.75. The first-order chi connectivity index (χ1) is 11.5. The van der Waals surface area contributed by atoms with E-state index in [-0.39, 0.29) is 17.5 Å². The zero-order valence-electron chi connectivity index (χ0n) is 13.0. The third kappa shape index (κ3) is 2.97. The van der Waals surface area contributed by atoms with Gasteiger partial charge >= 0.3 is 5.97 Å². The zero-order valence-corrected chi connectivity index (χ0v) is 14.6. The van der Waals surface area contributed by atoms with Crippen LogP contribution in [0.25, 0.3) is 10.9 Å². The van der Waals surface area contributed by atoms with Gasteiger partial charge in [-0.15, -0.1) is 0 Å². The largest absolute Gasteiger partial charge is 0.478 e. The van der Waals surface area contributed by atoms with E-state index in [1.54, 1.807) is 41.0 Å². The molecule has 0 bridgehead atoms. The van der Waals surface area contributed by atoms with Crippen LogP contribution in [0.4, 0.5) is 0 Å². The van der Waals surface area contributed by atoms with Gasteiger partial charge in [-0.1, -0.05) is 34.1 Å². The van der Waals surface area contributed by atoms with Crippen LogP contribution in [0.2, 0.25) is 0 Å². The lowest BCUT2D eigenvalue weighted by Gasteiger charge is -2.13. The number of hydrogen-bond acceptors (Lipinski definition) is 3. The zero-order chi connectivity index (χ0) is 17.3. The van der Waals surface area contributed by atoms with Gasteiger partial charge in [0.2, 0.25) is 0 Å². The van der Waals surface area contributed by atoms with E-state index in [4.69, 9.17) is 0 Å². The van der Waals surface area contributed by atoms with Gasteiger partial charge in [-0.25, -0.2) is 9.78 Å². The topological polar surface area (TPSA) is 72.2 Å². The van der Waals surface area contributed by atoms with E-state index in [9.17, 15) is 14.7 Å². The van der Waals surface area contributed by atoms with Gasteiger partial charge in [-0.05, 0) is 36.8 Å². The number of carbonyl (C=O) groups is 1. The summed E-state index contributed by atoms with van der Waals surface area (Å²) >= 11 is 3.37. The number of aromatic carboxylic acids is 1. The molecular weight excluding hydrogens is 372 g/mol. The Labute approximate surface area is 146 Å². The highest BCUT2D eigenvalue weighted by Crippen LogP contribution is 2.18. The maximum absolute atomic E-state index is 12.7. The Bertz CT molecular complexity index is 995. The number of hydrogen-bond donors (Lipinski definition) is 1. The number of halogens is 1. The van der Waals surface area contributed by atoms with Gasteiger partial charge in [0.1, 0.15) is 5.82 Å². The van der Waals surface area contributed by atoms with E-state index in [0.29, 0.717) is 28.8 Å². The minimum absolute atomic E-state index is 0.119. The second-order valence-corrected chi connectivity index (χ2v) is 6.29. The summed E-state index contributed by atoms with van der Waals surface area (Å²) in [6.45, 7) is 2.35. The van der Waals surface area contributed by atoms with Crippen LogP contribution in [0.1, 0.15) is 28.7 Å². The molecule has 0 saturated heterocycles. The van der Waals surface area contributed by atoms with Crippen molar-refractivity contribution in [2.75, 3.05) is 0 Å². The monoisotopic (exact) mass is 386 g/mol. The quantitative estimate of drug-likeness (QED) is 0.744. The summed E-state index contributed by atoms with van der Waals surface area (Å²) in [5, 5.41) is 9.88. The molecule has 0 amide bonds. The summed E-state index contributed by atoms with van der Waals surface area (Å²) in [6.07, 6.45) is 0.289. The smallest absolute Gasteiger partial charge is 0.335 e. The molecule has 3 rings (SSSR count). The summed E-state index contributed by atoms with van der Waals surface area (Å²) in [5.41, 5.74) is 1.35. The average molecular weight is 387 g/mol. The Balaban J connectivity index is 2.18. The minimum atomic E-state index is -0.985. The third-order valence-electron chi connectivity index (χ3n) is 3.91. The van der Waals surface area contributed by atoms with Crippen molar-refractivity contribution in [3.8, 4) is 0 Å². The number of nitrogens with zero attached hydrogens (tertiary/aromatic N) is 2. The summed E-state index contributed by atoms with van der Waals surface area (Å²) in [7, 11) is 0.